The zero-order valence-electron chi connectivity index (χ0n) is 10.9. The molecule has 0 heterocycles. The van der Waals surface area contributed by atoms with Crippen LogP contribution in [0.25, 0.3) is 0 Å². The fraction of sp³-hybridized carbons (Fsp3) is 0.600. The number of benzene rings is 1. The third-order valence-corrected chi connectivity index (χ3v) is 3.54. The standard InChI is InChI=1S/C15H24N2/c1-2-3-6-11-17(14-9-10-14)12-13-7-4-5-8-15(13)16/h4-5,7-8,14H,2-3,6,9-12,16H2,1H3. The molecule has 17 heavy (non-hydrogen) atoms. The fourth-order valence-corrected chi connectivity index (χ4v) is 2.29. The van der Waals surface area contributed by atoms with E-state index in [-0.39, 0.29) is 0 Å². The van der Waals surface area contributed by atoms with Crippen LogP contribution in [0.3, 0.4) is 0 Å². The molecule has 2 heteroatoms. The smallest absolute Gasteiger partial charge is 0.0359 e. The molecule has 2 nitrogen and oxygen atoms in total. The van der Waals surface area contributed by atoms with Crippen molar-refractivity contribution in [1.82, 2.24) is 4.90 Å². The molecule has 1 aliphatic rings. The second-order valence-corrected chi connectivity index (χ2v) is 5.11. The largest absolute Gasteiger partial charge is 0.398 e. The van der Waals surface area contributed by atoms with Crippen LogP contribution in [-0.4, -0.2) is 17.5 Å². The highest BCUT2D eigenvalue weighted by molar-refractivity contribution is 5.46. The van der Waals surface area contributed by atoms with Gasteiger partial charge in [-0.1, -0.05) is 38.0 Å². The highest BCUT2D eigenvalue weighted by Crippen LogP contribution is 2.29. The molecule has 0 radical (unpaired) electrons. The van der Waals surface area contributed by atoms with Gasteiger partial charge in [0.25, 0.3) is 0 Å². The Bertz CT molecular complexity index is 345. The van der Waals surface area contributed by atoms with E-state index in [0.29, 0.717) is 0 Å². The van der Waals surface area contributed by atoms with Crippen LogP contribution in [0.5, 0.6) is 0 Å². The van der Waals surface area contributed by atoms with Gasteiger partial charge in [0.15, 0.2) is 0 Å². The van der Waals surface area contributed by atoms with Gasteiger partial charge in [0.05, 0.1) is 0 Å². The molecular weight excluding hydrogens is 208 g/mol. The summed E-state index contributed by atoms with van der Waals surface area (Å²) in [5.74, 6) is 0. The molecule has 0 unspecified atom stereocenters. The Morgan fingerprint density at radius 2 is 2.00 bits per heavy atom. The zero-order chi connectivity index (χ0) is 12.1. The van der Waals surface area contributed by atoms with Gasteiger partial charge in [-0.25, -0.2) is 0 Å². The minimum atomic E-state index is 0.825. The van der Waals surface area contributed by atoms with Crippen molar-refractivity contribution in [1.29, 1.82) is 0 Å². The van der Waals surface area contributed by atoms with Gasteiger partial charge < -0.3 is 5.73 Å². The van der Waals surface area contributed by atoms with Crippen LogP contribution in [-0.2, 0) is 6.54 Å². The number of hydrogen-bond acceptors (Lipinski definition) is 2. The summed E-state index contributed by atoms with van der Waals surface area (Å²) in [5, 5.41) is 0. The summed E-state index contributed by atoms with van der Waals surface area (Å²) < 4.78 is 0. The van der Waals surface area contributed by atoms with Gasteiger partial charge in [0.1, 0.15) is 0 Å². The van der Waals surface area contributed by atoms with Gasteiger partial charge in [-0.2, -0.15) is 0 Å². The maximum Gasteiger partial charge on any atom is 0.0359 e. The molecule has 0 aliphatic heterocycles. The van der Waals surface area contributed by atoms with Gasteiger partial charge in [-0.15, -0.1) is 0 Å². The first-order valence-corrected chi connectivity index (χ1v) is 6.88. The topological polar surface area (TPSA) is 29.3 Å². The van der Waals surface area contributed by atoms with E-state index in [1.54, 1.807) is 0 Å². The lowest BCUT2D eigenvalue weighted by Crippen LogP contribution is -2.27. The molecule has 0 amide bonds. The number of para-hydroxylation sites is 1. The molecule has 2 rings (SSSR count). The van der Waals surface area contributed by atoms with E-state index < -0.39 is 0 Å². The highest BCUT2D eigenvalue weighted by Gasteiger charge is 2.28. The Kier molecular flexibility index (Phi) is 4.43. The number of hydrogen-bond donors (Lipinski definition) is 1. The van der Waals surface area contributed by atoms with Crippen molar-refractivity contribution in [3.05, 3.63) is 29.8 Å². The third-order valence-electron chi connectivity index (χ3n) is 3.54. The Morgan fingerprint density at radius 3 is 2.65 bits per heavy atom. The van der Waals surface area contributed by atoms with Crippen LogP contribution in [0, 0.1) is 0 Å². The van der Waals surface area contributed by atoms with Gasteiger partial charge in [-0.3, -0.25) is 4.90 Å². The third kappa shape index (κ3) is 3.74. The van der Waals surface area contributed by atoms with Crippen molar-refractivity contribution in [3.63, 3.8) is 0 Å². The van der Waals surface area contributed by atoms with Gasteiger partial charge >= 0.3 is 0 Å². The van der Waals surface area contributed by atoms with Crippen molar-refractivity contribution in [2.24, 2.45) is 0 Å². The first-order valence-electron chi connectivity index (χ1n) is 6.88. The normalized spacial score (nSPS) is 15.4. The van der Waals surface area contributed by atoms with Crippen molar-refractivity contribution >= 4 is 5.69 Å². The fourth-order valence-electron chi connectivity index (χ4n) is 2.29. The number of nitrogen functional groups attached to an aromatic ring is 1. The summed E-state index contributed by atoms with van der Waals surface area (Å²) in [6.45, 7) is 4.52. The van der Waals surface area contributed by atoms with Gasteiger partial charge in [-0.05, 0) is 37.4 Å². The maximum atomic E-state index is 6.02. The van der Waals surface area contributed by atoms with E-state index in [1.807, 2.05) is 12.1 Å². The molecule has 0 bridgehead atoms. The van der Waals surface area contributed by atoms with Crippen LogP contribution in [0.15, 0.2) is 24.3 Å². The van der Waals surface area contributed by atoms with Crippen molar-refractivity contribution in [3.8, 4) is 0 Å². The number of rotatable bonds is 7. The van der Waals surface area contributed by atoms with Crippen LogP contribution in [0.4, 0.5) is 5.69 Å². The summed E-state index contributed by atoms with van der Waals surface area (Å²) in [5.41, 5.74) is 8.24. The molecule has 1 aliphatic carbocycles. The molecule has 0 saturated heterocycles. The molecule has 2 N–H and O–H groups in total. The summed E-state index contributed by atoms with van der Waals surface area (Å²) >= 11 is 0. The van der Waals surface area contributed by atoms with Crippen molar-refractivity contribution in [2.45, 2.75) is 51.6 Å². The maximum absolute atomic E-state index is 6.02. The molecule has 0 aromatic heterocycles. The Morgan fingerprint density at radius 1 is 1.24 bits per heavy atom. The summed E-state index contributed by atoms with van der Waals surface area (Å²) in [7, 11) is 0. The molecule has 1 aromatic carbocycles. The first-order chi connectivity index (χ1) is 8.31. The first kappa shape index (κ1) is 12.4. The Labute approximate surface area is 105 Å². The molecule has 0 atom stereocenters. The average molecular weight is 232 g/mol. The molecule has 1 fully saturated rings. The molecule has 1 aromatic rings. The average Bonchev–Trinajstić information content (AvgIpc) is 3.15. The number of unbranched alkanes of at least 4 members (excludes halogenated alkanes) is 2. The highest BCUT2D eigenvalue weighted by atomic mass is 15.2. The van der Waals surface area contributed by atoms with E-state index in [4.69, 9.17) is 5.73 Å². The monoisotopic (exact) mass is 232 g/mol. The SMILES string of the molecule is CCCCCN(Cc1ccccc1N)C1CC1. The quantitative estimate of drug-likeness (QED) is 0.576. The molecule has 94 valence electrons. The van der Waals surface area contributed by atoms with Crippen LogP contribution >= 0.6 is 0 Å². The number of nitrogens with zero attached hydrogens (tertiary/aromatic N) is 1. The van der Waals surface area contributed by atoms with Crippen molar-refractivity contribution in [2.75, 3.05) is 12.3 Å². The lowest BCUT2D eigenvalue weighted by molar-refractivity contribution is 0.249. The van der Waals surface area contributed by atoms with Crippen molar-refractivity contribution < 1.29 is 0 Å². The number of anilines is 1. The molecule has 1 saturated carbocycles. The number of nitrogens with two attached hydrogens (primary N) is 1. The summed E-state index contributed by atoms with van der Waals surface area (Å²) in [6, 6.07) is 9.09. The second kappa shape index (κ2) is 6.06. The van der Waals surface area contributed by atoms with E-state index in [9.17, 15) is 0 Å². The Hall–Kier alpha value is -1.02. The lowest BCUT2D eigenvalue weighted by atomic mass is 10.1. The molecule has 0 spiro atoms. The van der Waals surface area contributed by atoms with Crippen LogP contribution in [0.2, 0.25) is 0 Å². The minimum Gasteiger partial charge on any atom is -0.398 e. The summed E-state index contributed by atoms with van der Waals surface area (Å²) in [4.78, 5) is 2.61. The Balaban J connectivity index is 1.91. The zero-order valence-corrected chi connectivity index (χ0v) is 10.9. The summed E-state index contributed by atoms with van der Waals surface area (Å²) in [6.07, 6.45) is 6.71. The predicted molar refractivity (Wildman–Crippen MR) is 73.8 cm³/mol. The van der Waals surface area contributed by atoms with Crippen LogP contribution in [0.1, 0.15) is 44.6 Å². The second-order valence-electron chi connectivity index (χ2n) is 5.11. The van der Waals surface area contributed by atoms with E-state index in [1.165, 1.54) is 44.2 Å². The van der Waals surface area contributed by atoms with E-state index in [2.05, 4.69) is 24.0 Å². The molecular formula is C15H24N2. The van der Waals surface area contributed by atoms with Gasteiger partial charge in [0.2, 0.25) is 0 Å². The van der Waals surface area contributed by atoms with E-state index >= 15 is 0 Å². The van der Waals surface area contributed by atoms with E-state index in [0.717, 1.165) is 18.3 Å². The predicted octanol–water partition coefficient (Wildman–Crippen LogP) is 3.42. The van der Waals surface area contributed by atoms with Crippen LogP contribution < -0.4 is 5.73 Å². The lowest BCUT2D eigenvalue weighted by Gasteiger charge is -2.22. The van der Waals surface area contributed by atoms with Gasteiger partial charge in [0, 0.05) is 18.3 Å². The minimum absolute atomic E-state index is 0.825.